The van der Waals surface area contributed by atoms with Gasteiger partial charge in [-0.2, -0.15) is 5.10 Å². The molecule has 0 radical (unpaired) electrons. The molecule has 0 unspecified atom stereocenters. The molecule has 2 heterocycles. The summed E-state index contributed by atoms with van der Waals surface area (Å²) in [5.41, 5.74) is 1.43. The molecule has 0 saturated heterocycles. The zero-order valence-electron chi connectivity index (χ0n) is 12.7. The molecule has 0 atom stereocenters. The highest BCUT2D eigenvalue weighted by Crippen LogP contribution is 2.39. The minimum absolute atomic E-state index is 0.123. The summed E-state index contributed by atoms with van der Waals surface area (Å²) in [7, 11) is 0. The third kappa shape index (κ3) is 2.81. The van der Waals surface area contributed by atoms with E-state index in [-0.39, 0.29) is 17.8 Å². The maximum atomic E-state index is 12.0. The molecule has 0 spiro atoms. The number of hydrogen-bond donors (Lipinski definition) is 0. The van der Waals surface area contributed by atoms with Gasteiger partial charge in [0.15, 0.2) is 11.5 Å². The number of hydrogen-bond acceptors (Lipinski definition) is 4. The van der Waals surface area contributed by atoms with Crippen LogP contribution in [0.1, 0.15) is 32.0 Å². The zero-order valence-corrected chi connectivity index (χ0v) is 13.5. The van der Waals surface area contributed by atoms with Crippen LogP contribution in [0.5, 0.6) is 11.5 Å². The number of nitrogens with zero attached hydrogens (tertiary/aromatic N) is 2. The van der Waals surface area contributed by atoms with Gasteiger partial charge in [-0.3, -0.25) is 4.79 Å². The molecule has 1 aromatic heterocycles. The Balaban J connectivity index is 1.97. The largest absolute Gasteiger partial charge is 0.454 e. The van der Waals surface area contributed by atoms with Crippen molar-refractivity contribution in [3.63, 3.8) is 0 Å². The lowest BCUT2D eigenvalue weighted by atomic mass is 9.92. The molecule has 6 heteroatoms. The standard InChI is InChI=1S/C16H17ClN2O3/c1-16(2,3)13-4-5-14(20)19(18-13)8-10-6-11(17)15-12(7-10)21-9-22-15/h4-7H,8-9H2,1-3H3. The summed E-state index contributed by atoms with van der Waals surface area (Å²) >= 11 is 6.17. The fraction of sp³-hybridized carbons (Fsp3) is 0.375. The van der Waals surface area contributed by atoms with Crippen LogP contribution >= 0.6 is 11.6 Å². The van der Waals surface area contributed by atoms with Crippen molar-refractivity contribution in [1.29, 1.82) is 0 Å². The van der Waals surface area contributed by atoms with Crippen LogP contribution in [-0.2, 0) is 12.0 Å². The average molecular weight is 321 g/mol. The van der Waals surface area contributed by atoms with Gasteiger partial charge < -0.3 is 9.47 Å². The van der Waals surface area contributed by atoms with Crippen molar-refractivity contribution in [2.24, 2.45) is 0 Å². The Labute approximate surface area is 133 Å². The monoisotopic (exact) mass is 320 g/mol. The molecule has 0 fully saturated rings. The molecule has 5 nitrogen and oxygen atoms in total. The fourth-order valence-corrected chi connectivity index (χ4v) is 2.54. The normalized spacial score (nSPS) is 13.5. The van der Waals surface area contributed by atoms with E-state index < -0.39 is 0 Å². The van der Waals surface area contributed by atoms with Crippen molar-refractivity contribution in [2.75, 3.05) is 6.79 Å². The third-order valence-corrected chi connectivity index (χ3v) is 3.74. The van der Waals surface area contributed by atoms with Crippen molar-refractivity contribution in [3.05, 3.63) is 50.9 Å². The molecule has 0 N–H and O–H groups in total. The molecule has 116 valence electrons. The Morgan fingerprint density at radius 1 is 1.27 bits per heavy atom. The molecule has 1 aromatic carbocycles. The van der Waals surface area contributed by atoms with Crippen LogP contribution in [0.4, 0.5) is 0 Å². The lowest BCUT2D eigenvalue weighted by Crippen LogP contribution is -2.27. The highest BCUT2D eigenvalue weighted by atomic mass is 35.5. The van der Waals surface area contributed by atoms with Gasteiger partial charge in [0, 0.05) is 11.5 Å². The second kappa shape index (κ2) is 5.32. The summed E-state index contributed by atoms with van der Waals surface area (Å²) < 4.78 is 12.1. The molecule has 0 bridgehead atoms. The molecule has 0 saturated carbocycles. The van der Waals surface area contributed by atoms with Gasteiger partial charge in [0.25, 0.3) is 5.56 Å². The SMILES string of the molecule is CC(C)(C)c1ccc(=O)n(Cc2cc(Cl)c3c(c2)OCO3)n1. The van der Waals surface area contributed by atoms with Crippen LogP contribution in [0.15, 0.2) is 29.1 Å². The Morgan fingerprint density at radius 2 is 2.05 bits per heavy atom. The Morgan fingerprint density at radius 3 is 2.77 bits per heavy atom. The van der Waals surface area contributed by atoms with Crippen LogP contribution in [0.2, 0.25) is 5.02 Å². The molecule has 2 aromatic rings. The summed E-state index contributed by atoms with van der Waals surface area (Å²) in [5, 5.41) is 4.93. The average Bonchev–Trinajstić information content (AvgIpc) is 2.89. The van der Waals surface area contributed by atoms with E-state index in [1.165, 1.54) is 4.68 Å². The van der Waals surface area contributed by atoms with Gasteiger partial charge in [0.1, 0.15) is 0 Å². The molecular formula is C16H17ClN2O3. The van der Waals surface area contributed by atoms with E-state index in [1.54, 1.807) is 18.2 Å². The van der Waals surface area contributed by atoms with Crippen molar-refractivity contribution < 1.29 is 9.47 Å². The first-order chi connectivity index (χ1) is 10.3. The van der Waals surface area contributed by atoms with E-state index in [4.69, 9.17) is 21.1 Å². The van der Waals surface area contributed by atoms with E-state index in [0.717, 1.165) is 11.3 Å². The summed E-state index contributed by atoms with van der Waals surface area (Å²) in [6, 6.07) is 6.91. The molecular weight excluding hydrogens is 304 g/mol. The lowest BCUT2D eigenvalue weighted by Gasteiger charge is -2.18. The molecule has 1 aliphatic rings. The van der Waals surface area contributed by atoms with Gasteiger partial charge in [-0.1, -0.05) is 32.4 Å². The molecule has 0 aliphatic carbocycles. The Kier molecular flexibility index (Phi) is 3.60. The van der Waals surface area contributed by atoms with Gasteiger partial charge in [0.2, 0.25) is 6.79 Å². The molecule has 0 amide bonds. The van der Waals surface area contributed by atoms with Crippen LogP contribution < -0.4 is 15.0 Å². The first-order valence-corrected chi connectivity index (χ1v) is 7.39. The number of aromatic nitrogens is 2. The Bertz CT molecular complexity index is 778. The molecule has 1 aliphatic heterocycles. The topological polar surface area (TPSA) is 53.4 Å². The second-order valence-electron chi connectivity index (χ2n) is 6.28. The van der Waals surface area contributed by atoms with Gasteiger partial charge in [-0.15, -0.1) is 0 Å². The first-order valence-electron chi connectivity index (χ1n) is 7.01. The smallest absolute Gasteiger partial charge is 0.267 e. The number of rotatable bonds is 2. The summed E-state index contributed by atoms with van der Waals surface area (Å²) in [5.74, 6) is 1.15. The third-order valence-electron chi connectivity index (χ3n) is 3.45. The van der Waals surface area contributed by atoms with Crippen LogP contribution in [0.3, 0.4) is 0 Å². The van der Waals surface area contributed by atoms with Crippen molar-refractivity contribution in [3.8, 4) is 11.5 Å². The van der Waals surface area contributed by atoms with Crippen LogP contribution in [0, 0.1) is 0 Å². The minimum atomic E-state index is -0.151. The van der Waals surface area contributed by atoms with Gasteiger partial charge >= 0.3 is 0 Å². The fourth-order valence-electron chi connectivity index (χ4n) is 2.25. The highest BCUT2D eigenvalue weighted by molar-refractivity contribution is 6.32. The van der Waals surface area contributed by atoms with Gasteiger partial charge in [-0.25, -0.2) is 4.68 Å². The quantitative estimate of drug-likeness (QED) is 0.853. The van der Waals surface area contributed by atoms with Crippen LogP contribution in [0.25, 0.3) is 0 Å². The van der Waals surface area contributed by atoms with Crippen molar-refractivity contribution in [2.45, 2.75) is 32.7 Å². The number of benzene rings is 1. The van der Waals surface area contributed by atoms with Gasteiger partial charge in [0.05, 0.1) is 17.3 Å². The predicted octanol–water partition coefficient (Wildman–Crippen LogP) is 2.97. The van der Waals surface area contributed by atoms with Crippen molar-refractivity contribution in [1.82, 2.24) is 9.78 Å². The summed E-state index contributed by atoms with van der Waals surface area (Å²) in [6.07, 6.45) is 0. The van der Waals surface area contributed by atoms with Gasteiger partial charge in [-0.05, 0) is 23.8 Å². The van der Waals surface area contributed by atoms with E-state index >= 15 is 0 Å². The predicted molar refractivity (Wildman–Crippen MR) is 83.9 cm³/mol. The summed E-state index contributed by atoms with van der Waals surface area (Å²) in [6.45, 7) is 6.67. The van der Waals surface area contributed by atoms with E-state index in [0.29, 0.717) is 23.1 Å². The van der Waals surface area contributed by atoms with E-state index in [9.17, 15) is 4.79 Å². The first kappa shape index (κ1) is 14.9. The lowest BCUT2D eigenvalue weighted by molar-refractivity contribution is 0.174. The van der Waals surface area contributed by atoms with Crippen LogP contribution in [-0.4, -0.2) is 16.6 Å². The zero-order chi connectivity index (χ0) is 15.9. The maximum Gasteiger partial charge on any atom is 0.267 e. The molecule has 3 rings (SSSR count). The maximum absolute atomic E-state index is 12.0. The summed E-state index contributed by atoms with van der Waals surface area (Å²) in [4.78, 5) is 12.0. The number of halogens is 1. The number of ether oxygens (including phenoxy) is 2. The Hall–Kier alpha value is -2.01. The van der Waals surface area contributed by atoms with E-state index in [2.05, 4.69) is 25.9 Å². The van der Waals surface area contributed by atoms with Crippen molar-refractivity contribution >= 4 is 11.6 Å². The highest BCUT2D eigenvalue weighted by Gasteiger charge is 2.20. The van der Waals surface area contributed by atoms with E-state index in [1.807, 2.05) is 6.07 Å². The minimum Gasteiger partial charge on any atom is -0.454 e. The second-order valence-corrected chi connectivity index (χ2v) is 6.68. The number of fused-ring (bicyclic) bond motifs is 1. The molecule has 22 heavy (non-hydrogen) atoms.